The Labute approximate surface area is 196 Å². The second-order valence-corrected chi connectivity index (χ2v) is 10.1. The van der Waals surface area contributed by atoms with Crippen LogP contribution in [-0.2, 0) is 13.6 Å². The molecule has 0 aliphatic heterocycles. The Morgan fingerprint density at radius 3 is 2.39 bits per heavy atom. The van der Waals surface area contributed by atoms with Crippen molar-refractivity contribution in [3.63, 3.8) is 0 Å². The maximum atomic E-state index is 13.5. The van der Waals surface area contributed by atoms with Crippen LogP contribution < -0.4 is 10.9 Å². The zero-order valence-corrected chi connectivity index (χ0v) is 19.7. The molecule has 5 rings (SSSR count). The topological polar surface area (TPSA) is 51.9 Å². The molecule has 2 heterocycles. The van der Waals surface area contributed by atoms with Crippen LogP contribution in [0.4, 0.5) is 5.69 Å². The minimum atomic E-state index is 0.124. The first-order chi connectivity index (χ1) is 16.2. The van der Waals surface area contributed by atoms with Crippen LogP contribution in [-0.4, -0.2) is 20.4 Å². The summed E-state index contributed by atoms with van der Waals surface area (Å²) in [5, 5.41) is 8.01. The van der Waals surface area contributed by atoms with E-state index in [4.69, 9.17) is 0 Å². The number of nitrogens with zero attached hydrogens (tertiary/aromatic N) is 3. The largest absolute Gasteiger partial charge is 0.378 e. The summed E-state index contributed by atoms with van der Waals surface area (Å²) in [5.74, 6) is 1.24. The predicted octanol–water partition coefficient (Wildman–Crippen LogP) is 5.97. The number of pyridine rings is 1. The van der Waals surface area contributed by atoms with E-state index < -0.39 is 0 Å². The van der Waals surface area contributed by atoms with E-state index in [0.29, 0.717) is 17.9 Å². The maximum absolute atomic E-state index is 13.5. The highest BCUT2D eigenvalue weighted by atomic mass is 16.1. The molecule has 1 N–H and O–H groups in total. The molecule has 2 aliphatic carbocycles. The van der Waals surface area contributed by atoms with Crippen molar-refractivity contribution in [2.24, 2.45) is 13.0 Å². The Morgan fingerprint density at radius 2 is 1.70 bits per heavy atom. The fraction of sp³-hybridized carbons (Fsp3) is 0.500. The average molecular weight is 445 g/mol. The van der Waals surface area contributed by atoms with Gasteiger partial charge in [-0.05, 0) is 62.0 Å². The molecule has 0 unspecified atom stereocenters. The molecule has 0 atom stereocenters. The third-order valence-corrected chi connectivity index (χ3v) is 7.66. The normalized spacial score (nSPS) is 21.7. The van der Waals surface area contributed by atoms with Gasteiger partial charge >= 0.3 is 0 Å². The van der Waals surface area contributed by atoms with Gasteiger partial charge in [-0.15, -0.1) is 0 Å². The van der Waals surface area contributed by atoms with Crippen LogP contribution in [0.25, 0.3) is 11.1 Å². The summed E-state index contributed by atoms with van der Waals surface area (Å²) >= 11 is 0. The summed E-state index contributed by atoms with van der Waals surface area (Å²) < 4.78 is 3.79. The summed E-state index contributed by atoms with van der Waals surface area (Å²) in [6, 6.07) is 13.3. The standard InChI is InChI=1S/C28H36N4O/c1-31-19-25(17-29-31)24-16-27(28(33)32(20-24)18-21-8-4-2-5-9-21)30-26-14-12-23(13-15-26)22-10-6-3-7-11-22/h3,6-7,10-11,16-17,19-21,23,26,30H,2,4-5,8-9,12-15,18H2,1H3. The molecule has 2 aliphatic rings. The summed E-state index contributed by atoms with van der Waals surface area (Å²) in [6.45, 7) is 0.822. The number of benzene rings is 1. The molecule has 3 aromatic rings. The van der Waals surface area contributed by atoms with Crippen LogP contribution in [0.15, 0.2) is 59.8 Å². The summed E-state index contributed by atoms with van der Waals surface area (Å²) in [5.41, 5.74) is 4.45. The van der Waals surface area contributed by atoms with Crippen molar-refractivity contribution in [1.82, 2.24) is 14.3 Å². The Hall–Kier alpha value is -2.82. The maximum Gasteiger partial charge on any atom is 0.273 e. The van der Waals surface area contributed by atoms with Crippen LogP contribution >= 0.6 is 0 Å². The van der Waals surface area contributed by atoms with Crippen LogP contribution in [0.2, 0.25) is 0 Å². The van der Waals surface area contributed by atoms with Gasteiger partial charge in [-0.2, -0.15) is 5.10 Å². The molecule has 0 bridgehead atoms. The SMILES string of the molecule is Cn1cc(-c2cc(NC3CCC(c4ccccc4)CC3)c(=O)n(CC3CCCCC3)c2)cn1. The van der Waals surface area contributed by atoms with Gasteiger partial charge in [0.15, 0.2) is 0 Å². The molecule has 0 saturated heterocycles. The summed E-state index contributed by atoms with van der Waals surface area (Å²) in [7, 11) is 1.94. The second kappa shape index (κ2) is 9.98. The van der Waals surface area contributed by atoms with Crippen LogP contribution in [0.5, 0.6) is 0 Å². The van der Waals surface area contributed by atoms with Crippen LogP contribution in [0.3, 0.4) is 0 Å². The minimum Gasteiger partial charge on any atom is -0.378 e. The van der Waals surface area contributed by atoms with Crippen LogP contribution in [0, 0.1) is 5.92 Å². The van der Waals surface area contributed by atoms with Crippen molar-refractivity contribution in [3.05, 3.63) is 70.9 Å². The van der Waals surface area contributed by atoms with Gasteiger partial charge in [0.25, 0.3) is 5.56 Å². The molecular formula is C28H36N4O. The predicted molar refractivity (Wildman–Crippen MR) is 135 cm³/mol. The molecule has 0 radical (unpaired) electrons. The lowest BCUT2D eigenvalue weighted by atomic mass is 9.82. The molecule has 5 heteroatoms. The van der Waals surface area contributed by atoms with Crippen molar-refractivity contribution in [1.29, 1.82) is 0 Å². The zero-order valence-electron chi connectivity index (χ0n) is 19.7. The van der Waals surface area contributed by atoms with Gasteiger partial charge in [0.2, 0.25) is 0 Å². The molecule has 174 valence electrons. The fourth-order valence-electron chi connectivity index (χ4n) is 5.77. The van der Waals surface area contributed by atoms with Gasteiger partial charge in [-0.1, -0.05) is 49.6 Å². The van der Waals surface area contributed by atoms with Crippen molar-refractivity contribution < 1.29 is 0 Å². The van der Waals surface area contributed by atoms with Gasteiger partial charge in [0, 0.05) is 43.2 Å². The van der Waals surface area contributed by atoms with Crippen molar-refractivity contribution in [3.8, 4) is 11.1 Å². The van der Waals surface area contributed by atoms with Crippen molar-refractivity contribution in [2.75, 3.05) is 5.32 Å². The van der Waals surface area contributed by atoms with E-state index in [1.165, 1.54) is 50.5 Å². The van der Waals surface area contributed by atoms with E-state index in [1.54, 1.807) is 0 Å². The first-order valence-corrected chi connectivity index (χ1v) is 12.7. The number of rotatable bonds is 6. The second-order valence-electron chi connectivity index (χ2n) is 10.1. The smallest absolute Gasteiger partial charge is 0.273 e. The Balaban J connectivity index is 1.35. The van der Waals surface area contributed by atoms with Crippen molar-refractivity contribution >= 4 is 5.69 Å². The molecule has 1 aromatic carbocycles. The molecule has 33 heavy (non-hydrogen) atoms. The van der Waals surface area contributed by atoms with E-state index in [2.05, 4.69) is 40.7 Å². The van der Waals surface area contributed by atoms with E-state index >= 15 is 0 Å². The first kappa shape index (κ1) is 22.0. The van der Waals surface area contributed by atoms with Gasteiger partial charge < -0.3 is 9.88 Å². The number of hydrogen-bond acceptors (Lipinski definition) is 3. The van der Waals surface area contributed by atoms with Crippen molar-refractivity contribution in [2.45, 2.75) is 76.3 Å². The van der Waals surface area contributed by atoms with E-state index in [1.807, 2.05) is 41.0 Å². The molecule has 2 aromatic heterocycles. The highest BCUT2D eigenvalue weighted by Gasteiger charge is 2.24. The molecule has 5 nitrogen and oxygen atoms in total. The lowest BCUT2D eigenvalue weighted by Crippen LogP contribution is -2.32. The van der Waals surface area contributed by atoms with Gasteiger partial charge in [-0.25, -0.2) is 0 Å². The number of nitrogens with one attached hydrogen (secondary N) is 1. The Morgan fingerprint density at radius 1 is 0.939 bits per heavy atom. The minimum absolute atomic E-state index is 0.124. The molecule has 0 amide bonds. The number of anilines is 1. The van der Waals surface area contributed by atoms with Gasteiger partial charge in [-0.3, -0.25) is 9.48 Å². The van der Waals surface area contributed by atoms with Gasteiger partial charge in [0.1, 0.15) is 5.69 Å². The Kier molecular flexibility index (Phi) is 6.65. The zero-order chi connectivity index (χ0) is 22.6. The number of aryl methyl sites for hydroxylation is 1. The number of hydrogen-bond donors (Lipinski definition) is 1. The van der Waals surface area contributed by atoms with E-state index in [-0.39, 0.29) is 5.56 Å². The quantitative estimate of drug-likeness (QED) is 0.510. The van der Waals surface area contributed by atoms with Gasteiger partial charge in [0.05, 0.1) is 6.20 Å². The third kappa shape index (κ3) is 5.23. The highest BCUT2D eigenvalue weighted by molar-refractivity contribution is 5.65. The molecular weight excluding hydrogens is 408 g/mol. The monoisotopic (exact) mass is 444 g/mol. The number of aromatic nitrogens is 3. The lowest BCUT2D eigenvalue weighted by Gasteiger charge is -2.30. The fourth-order valence-corrected chi connectivity index (χ4v) is 5.77. The molecule has 2 saturated carbocycles. The first-order valence-electron chi connectivity index (χ1n) is 12.7. The van der Waals surface area contributed by atoms with E-state index in [9.17, 15) is 4.79 Å². The lowest BCUT2D eigenvalue weighted by molar-refractivity contribution is 0.316. The Bertz CT molecular complexity index is 1100. The highest BCUT2D eigenvalue weighted by Crippen LogP contribution is 2.34. The van der Waals surface area contributed by atoms with E-state index in [0.717, 1.165) is 36.2 Å². The molecule has 0 spiro atoms. The third-order valence-electron chi connectivity index (χ3n) is 7.66. The average Bonchev–Trinajstić information content (AvgIpc) is 3.29. The molecule has 2 fully saturated rings. The summed E-state index contributed by atoms with van der Waals surface area (Å²) in [6.07, 6.45) is 16.9. The van der Waals surface area contributed by atoms with Crippen LogP contribution in [0.1, 0.15) is 69.3 Å². The summed E-state index contributed by atoms with van der Waals surface area (Å²) in [4.78, 5) is 13.5.